The third-order valence-electron chi connectivity index (χ3n) is 2.16. The molecule has 0 bridgehead atoms. The van der Waals surface area contributed by atoms with E-state index < -0.39 is 0 Å². The lowest BCUT2D eigenvalue weighted by Gasteiger charge is -1.92. The minimum Gasteiger partial charge on any atom is -0.244 e. The Morgan fingerprint density at radius 2 is 2.21 bits per heavy atom. The summed E-state index contributed by atoms with van der Waals surface area (Å²) in [5.41, 5.74) is 1.19. The largest absolute Gasteiger partial charge is 0.244 e. The molecule has 0 spiro atoms. The molecule has 1 unspecified atom stereocenters. The van der Waals surface area contributed by atoms with Gasteiger partial charge in [0.25, 0.3) is 0 Å². The summed E-state index contributed by atoms with van der Waals surface area (Å²) in [6.07, 6.45) is 1.85. The topological polar surface area (TPSA) is 12.9 Å². The summed E-state index contributed by atoms with van der Waals surface area (Å²) in [7, 11) is 0.678. The van der Waals surface area contributed by atoms with Gasteiger partial charge in [-0.25, -0.2) is 4.98 Å². The van der Waals surface area contributed by atoms with E-state index in [1.165, 1.54) is 16.1 Å². The molecule has 3 aromatic rings. The van der Waals surface area contributed by atoms with E-state index in [1.54, 1.807) is 11.3 Å². The Labute approximate surface area is 87.5 Å². The Balaban J connectivity index is 2.33. The van der Waals surface area contributed by atoms with Gasteiger partial charge < -0.3 is 0 Å². The average molecular weight is 216 g/mol. The van der Waals surface area contributed by atoms with Crippen LogP contribution in [0.25, 0.3) is 21.1 Å². The molecule has 3 heteroatoms. The van der Waals surface area contributed by atoms with Gasteiger partial charge in [0, 0.05) is 22.9 Å². The van der Waals surface area contributed by atoms with Crippen LogP contribution in [0.3, 0.4) is 0 Å². The molecule has 0 saturated carbocycles. The van der Waals surface area contributed by atoms with Crippen LogP contribution in [0.2, 0.25) is 0 Å². The minimum absolute atomic E-state index is 0.678. The lowest BCUT2D eigenvalue weighted by atomic mass is 10.2. The molecule has 0 aliphatic rings. The molecule has 1 nitrogen and oxygen atoms in total. The van der Waals surface area contributed by atoms with E-state index in [-0.39, 0.29) is 0 Å². The van der Waals surface area contributed by atoms with Crippen molar-refractivity contribution in [3.8, 4) is 10.6 Å². The fourth-order valence-electron chi connectivity index (χ4n) is 1.52. The Morgan fingerprint density at radius 1 is 1.29 bits per heavy atom. The van der Waals surface area contributed by atoms with Crippen molar-refractivity contribution in [2.24, 2.45) is 0 Å². The first-order valence-corrected chi connectivity index (χ1v) is 6.21. The lowest BCUT2D eigenvalue weighted by Crippen LogP contribution is -1.71. The van der Waals surface area contributed by atoms with Crippen LogP contribution in [0.5, 0.6) is 0 Å². The van der Waals surface area contributed by atoms with Gasteiger partial charge in [-0.1, -0.05) is 24.3 Å². The fraction of sp³-hybridized carbons (Fsp3) is 0. The van der Waals surface area contributed by atoms with Crippen molar-refractivity contribution in [2.75, 3.05) is 0 Å². The van der Waals surface area contributed by atoms with E-state index in [1.807, 2.05) is 11.6 Å². The summed E-state index contributed by atoms with van der Waals surface area (Å²) < 4.78 is 0. The number of thiazole rings is 1. The molecule has 0 aliphatic carbocycles. The number of fused-ring (bicyclic) bond motifs is 1. The minimum atomic E-state index is 0.678. The second-order valence-corrected chi connectivity index (χ2v) is 4.94. The summed E-state index contributed by atoms with van der Waals surface area (Å²) in [4.78, 5) is 4.32. The molecule has 67 valence electrons. The number of hydrogen-bond donors (Lipinski definition) is 0. The van der Waals surface area contributed by atoms with E-state index in [4.69, 9.17) is 0 Å². The Bertz CT molecular complexity index is 553. The molecule has 0 saturated heterocycles. The molecule has 1 aromatic carbocycles. The summed E-state index contributed by atoms with van der Waals surface area (Å²) in [5.74, 6) is 3.42. The number of hydrogen-bond acceptors (Lipinski definition) is 2. The number of benzene rings is 1. The molecule has 2 heterocycles. The first-order valence-electron chi connectivity index (χ1n) is 4.33. The van der Waals surface area contributed by atoms with Gasteiger partial charge in [-0.3, -0.25) is 0 Å². The molecule has 14 heavy (non-hydrogen) atoms. The van der Waals surface area contributed by atoms with Gasteiger partial charge in [0.2, 0.25) is 0 Å². The van der Waals surface area contributed by atoms with Crippen molar-refractivity contribution in [3.63, 3.8) is 0 Å². The zero-order valence-corrected chi connectivity index (χ0v) is 9.14. The number of nitrogens with zero attached hydrogens (tertiary/aromatic N) is 1. The van der Waals surface area contributed by atoms with E-state index in [0.29, 0.717) is 8.19 Å². The monoisotopic (exact) mass is 216 g/mol. The van der Waals surface area contributed by atoms with Gasteiger partial charge in [-0.15, -0.1) is 19.5 Å². The van der Waals surface area contributed by atoms with Crippen LogP contribution >= 0.6 is 19.5 Å². The van der Waals surface area contributed by atoms with Crippen LogP contribution < -0.4 is 0 Å². The lowest BCUT2D eigenvalue weighted by molar-refractivity contribution is 1.43. The predicted molar refractivity (Wildman–Crippen MR) is 63.4 cm³/mol. The third-order valence-corrected chi connectivity index (χ3v) is 4.04. The Hall–Kier alpha value is -1.11. The fourth-order valence-corrected chi connectivity index (χ4v) is 3.30. The van der Waals surface area contributed by atoms with Crippen molar-refractivity contribution in [3.05, 3.63) is 41.6 Å². The van der Waals surface area contributed by atoms with Crippen molar-refractivity contribution in [2.45, 2.75) is 0 Å². The predicted octanol–water partition coefficient (Wildman–Crippen LogP) is 3.79. The highest BCUT2D eigenvalue weighted by Gasteiger charge is 2.06. The molecule has 1 atom stereocenters. The molecular weight excluding hydrogens is 209 g/mol. The Morgan fingerprint density at radius 3 is 3.07 bits per heavy atom. The van der Waals surface area contributed by atoms with Crippen LogP contribution in [0.1, 0.15) is 0 Å². The van der Waals surface area contributed by atoms with E-state index in [9.17, 15) is 0 Å². The van der Waals surface area contributed by atoms with Crippen molar-refractivity contribution in [1.29, 1.82) is 0 Å². The average Bonchev–Trinajstić information content (AvgIpc) is 2.85. The number of rotatable bonds is 1. The van der Waals surface area contributed by atoms with Crippen LogP contribution in [0.15, 0.2) is 35.8 Å². The normalized spacial score (nSPS) is 11.4. The molecule has 0 aliphatic heterocycles. The maximum atomic E-state index is 4.32. The van der Waals surface area contributed by atoms with Gasteiger partial charge in [0.15, 0.2) is 0 Å². The van der Waals surface area contributed by atoms with E-state index in [2.05, 4.69) is 35.0 Å². The van der Waals surface area contributed by atoms with Gasteiger partial charge in [0.05, 0.1) is 0 Å². The van der Waals surface area contributed by atoms with E-state index >= 15 is 0 Å². The van der Waals surface area contributed by atoms with Crippen molar-refractivity contribution < 1.29 is 0 Å². The number of aromatic nitrogens is 1. The summed E-state index contributed by atoms with van der Waals surface area (Å²) in [5, 5.41) is 5.79. The molecular formula is C11H7NPS. The van der Waals surface area contributed by atoms with Gasteiger partial charge in [0.1, 0.15) is 5.01 Å². The quantitative estimate of drug-likeness (QED) is 0.603. The molecule has 0 amide bonds. The molecule has 0 N–H and O–H groups in total. The van der Waals surface area contributed by atoms with Gasteiger partial charge in [-0.05, 0) is 10.5 Å². The molecule has 1 radical (unpaired) electrons. The highest BCUT2D eigenvalue weighted by molar-refractivity contribution is 7.36. The van der Waals surface area contributed by atoms with Crippen LogP contribution in [0, 0.1) is 5.80 Å². The van der Waals surface area contributed by atoms with Crippen LogP contribution in [-0.4, -0.2) is 4.98 Å². The highest BCUT2D eigenvalue weighted by Crippen LogP contribution is 2.36. The SMILES string of the molecule is [c]1[pH]c2ccccc2c1-c1nccs1. The maximum absolute atomic E-state index is 4.32. The second kappa shape index (κ2) is 3.23. The summed E-state index contributed by atoms with van der Waals surface area (Å²) in [6, 6.07) is 8.47. The maximum Gasteiger partial charge on any atom is 0.124 e. The van der Waals surface area contributed by atoms with Gasteiger partial charge >= 0.3 is 0 Å². The summed E-state index contributed by atoms with van der Waals surface area (Å²) >= 11 is 1.68. The van der Waals surface area contributed by atoms with Crippen molar-refractivity contribution in [1.82, 2.24) is 4.98 Å². The standard InChI is InChI=1S/C11H7NPS/c1-2-4-10-8(3-1)9(7-13-10)11-12-5-6-14-11/h1-6,13H. The zero-order chi connectivity index (χ0) is 9.38. The first-order chi connectivity index (χ1) is 6.95. The zero-order valence-electron chi connectivity index (χ0n) is 7.32. The van der Waals surface area contributed by atoms with Crippen LogP contribution in [-0.2, 0) is 0 Å². The molecule has 2 aromatic heterocycles. The second-order valence-electron chi connectivity index (χ2n) is 3.01. The third kappa shape index (κ3) is 1.19. The molecule has 0 fully saturated rings. The summed E-state index contributed by atoms with van der Waals surface area (Å²) in [6.45, 7) is 0. The first kappa shape index (κ1) is 8.22. The van der Waals surface area contributed by atoms with Gasteiger partial charge in [-0.2, -0.15) is 0 Å². The highest BCUT2D eigenvalue weighted by atomic mass is 32.1. The Kier molecular flexibility index (Phi) is 1.90. The van der Waals surface area contributed by atoms with E-state index in [0.717, 1.165) is 5.01 Å². The molecule has 3 rings (SSSR count). The van der Waals surface area contributed by atoms with Crippen molar-refractivity contribution >= 4 is 30.0 Å². The smallest absolute Gasteiger partial charge is 0.124 e. The van der Waals surface area contributed by atoms with Crippen LogP contribution in [0.4, 0.5) is 0 Å².